The molecule has 7 heteroatoms. The van der Waals surface area contributed by atoms with Gasteiger partial charge in [0.2, 0.25) is 0 Å². The minimum Gasteiger partial charge on any atom is -0.496 e. The first-order chi connectivity index (χ1) is 10.4. The molecule has 0 bridgehead atoms. The van der Waals surface area contributed by atoms with Crippen molar-refractivity contribution in [2.75, 3.05) is 26.1 Å². The number of anilines is 1. The largest absolute Gasteiger partial charge is 0.496 e. The number of ether oxygens (including phenoxy) is 2. The van der Waals surface area contributed by atoms with Crippen LogP contribution in [-0.4, -0.2) is 26.2 Å². The fourth-order valence-electron chi connectivity index (χ4n) is 1.92. The zero-order valence-corrected chi connectivity index (χ0v) is 13.1. The number of hydrogen-bond acceptors (Lipinski definition) is 4. The van der Waals surface area contributed by atoms with Gasteiger partial charge in [-0.05, 0) is 12.1 Å². The molecule has 4 nitrogen and oxygen atoms in total. The average Bonchev–Trinajstić information content (AvgIpc) is 2.49. The van der Waals surface area contributed by atoms with E-state index in [0.29, 0.717) is 16.6 Å². The lowest BCUT2D eigenvalue weighted by atomic mass is 10.2. The molecule has 0 amide bonds. The quantitative estimate of drug-likeness (QED) is 0.784. The van der Waals surface area contributed by atoms with E-state index in [9.17, 15) is 8.78 Å². The van der Waals surface area contributed by atoms with Gasteiger partial charge in [0, 0.05) is 20.2 Å². The molecule has 0 atom stereocenters. The summed E-state index contributed by atoms with van der Waals surface area (Å²) in [6, 6.07) is 3.98. The molecule has 0 saturated carbocycles. The van der Waals surface area contributed by atoms with Gasteiger partial charge in [0.1, 0.15) is 17.5 Å². The van der Waals surface area contributed by atoms with Crippen molar-refractivity contribution >= 4 is 17.3 Å². The minimum absolute atomic E-state index is 0.00200. The van der Waals surface area contributed by atoms with Crippen molar-refractivity contribution in [1.82, 2.24) is 4.98 Å². The van der Waals surface area contributed by atoms with Crippen LogP contribution in [0.2, 0.25) is 5.15 Å². The summed E-state index contributed by atoms with van der Waals surface area (Å²) in [6.07, 6.45) is 1.43. The highest BCUT2D eigenvalue weighted by atomic mass is 35.5. The Balaban J connectivity index is 2.30. The van der Waals surface area contributed by atoms with Gasteiger partial charge in [-0.25, -0.2) is 13.8 Å². The van der Waals surface area contributed by atoms with Gasteiger partial charge in [0.25, 0.3) is 0 Å². The fraction of sp³-hybridized carbons (Fsp3) is 0.267. The Morgan fingerprint density at radius 3 is 2.59 bits per heavy atom. The number of nitrogens with zero attached hydrogens (tertiary/aromatic N) is 2. The summed E-state index contributed by atoms with van der Waals surface area (Å²) in [5.41, 5.74) is 0.679. The van der Waals surface area contributed by atoms with Crippen molar-refractivity contribution in [2.45, 2.75) is 6.61 Å². The molecule has 0 aliphatic carbocycles. The summed E-state index contributed by atoms with van der Waals surface area (Å²) in [5, 5.41) is 0.311. The van der Waals surface area contributed by atoms with Crippen molar-refractivity contribution < 1.29 is 18.3 Å². The highest BCUT2D eigenvalue weighted by molar-refractivity contribution is 6.29. The van der Waals surface area contributed by atoms with Gasteiger partial charge in [-0.1, -0.05) is 11.6 Å². The molecule has 0 N–H and O–H groups in total. The molecule has 0 radical (unpaired) electrons. The zero-order valence-electron chi connectivity index (χ0n) is 12.4. The third-order valence-electron chi connectivity index (χ3n) is 3.04. The van der Waals surface area contributed by atoms with Crippen LogP contribution in [0, 0.1) is 11.6 Å². The number of hydrogen-bond donors (Lipinski definition) is 0. The summed E-state index contributed by atoms with van der Waals surface area (Å²) >= 11 is 5.85. The van der Waals surface area contributed by atoms with E-state index in [4.69, 9.17) is 21.1 Å². The van der Waals surface area contributed by atoms with Gasteiger partial charge in [0.05, 0.1) is 24.6 Å². The maximum Gasteiger partial charge on any atom is 0.169 e. The topological polar surface area (TPSA) is 34.6 Å². The van der Waals surface area contributed by atoms with Gasteiger partial charge in [-0.15, -0.1) is 0 Å². The van der Waals surface area contributed by atoms with Crippen molar-refractivity contribution in [3.63, 3.8) is 0 Å². The SMILES string of the molecule is COc1ccc(F)c(F)c1COc1cnc(Cl)cc1N(C)C. The molecule has 0 saturated heterocycles. The predicted octanol–water partition coefficient (Wildman–Crippen LogP) is 3.67. The Hall–Kier alpha value is -2.08. The van der Waals surface area contributed by atoms with Crippen molar-refractivity contribution in [3.8, 4) is 11.5 Å². The Kier molecular flexibility index (Phi) is 5.03. The summed E-state index contributed by atoms with van der Waals surface area (Å²) in [7, 11) is 5.00. The summed E-state index contributed by atoms with van der Waals surface area (Å²) < 4.78 is 37.9. The predicted molar refractivity (Wildman–Crippen MR) is 80.8 cm³/mol. The molecule has 0 fully saturated rings. The maximum atomic E-state index is 13.9. The first-order valence-electron chi connectivity index (χ1n) is 6.40. The third-order valence-corrected chi connectivity index (χ3v) is 3.25. The van der Waals surface area contributed by atoms with Gasteiger partial charge < -0.3 is 14.4 Å². The number of methoxy groups -OCH3 is 1. The van der Waals surface area contributed by atoms with Crippen LogP contribution in [0.15, 0.2) is 24.4 Å². The van der Waals surface area contributed by atoms with Crippen LogP contribution in [0.5, 0.6) is 11.5 Å². The molecule has 1 aromatic heterocycles. The van der Waals surface area contributed by atoms with Crippen LogP contribution >= 0.6 is 11.6 Å². The number of benzene rings is 1. The van der Waals surface area contributed by atoms with E-state index < -0.39 is 11.6 Å². The minimum atomic E-state index is -0.993. The molecule has 1 aromatic carbocycles. The summed E-state index contributed by atoms with van der Waals surface area (Å²) in [6.45, 7) is -0.198. The highest BCUT2D eigenvalue weighted by Gasteiger charge is 2.16. The van der Waals surface area contributed by atoms with Gasteiger partial charge in [-0.3, -0.25) is 0 Å². The molecule has 0 spiro atoms. The van der Waals surface area contributed by atoms with Gasteiger partial charge in [0.15, 0.2) is 17.4 Å². The highest BCUT2D eigenvalue weighted by Crippen LogP contribution is 2.31. The van der Waals surface area contributed by atoms with Gasteiger partial charge in [-0.2, -0.15) is 0 Å². The van der Waals surface area contributed by atoms with Crippen LogP contribution in [0.3, 0.4) is 0 Å². The molecule has 0 aliphatic rings. The molecule has 0 aliphatic heterocycles. The smallest absolute Gasteiger partial charge is 0.169 e. The molecule has 2 aromatic rings. The van der Waals surface area contributed by atoms with Crippen LogP contribution in [0.25, 0.3) is 0 Å². The normalized spacial score (nSPS) is 10.5. The van der Waals surface area contributed by atoms with E-state index in [1.54, 1.807) is 11.0 Å². The fourth-order valence-corrected chi connectivity index (χ4v) is 2.07. The van der Waals surface area contributed by atoms with Crippen LogP contribution in [0.4, 0.5) is 14.5 Å². The Morgan fingerprint density at radius 1 is 1.23 bits per heavy atom. The monoisotopic (exact) mass is 328 g/mol. The van der Waals surface area contributed by atoms with Crippen LogP contribution < -0.4 is 14.4 Å². The first kappa shape index (κ1) is 16.3. The summed E-state index contributed by atoms with van der Waals surface area (Å²) in [4.78, 5) is 5.71. The number of aromatic nitrogens is 1. The van der Waals surface area contributed by atoms with E-state index in [1.807, 2.05) is 14.1 Å². The number of pyridine rings is 1. The van der Waals surface area contributed by atoms with E-state index in [2.05, 4.69) is 4.98 Å². The van der Waals surface area contributed by atoms with Crippen LogP contribution in [0.1, 0.15) is 5.56 Å². The Labute approximate surface area is 132 Å². The molecular formula is C15H15ClF2N2O2. The van der Waals surface area contributed by atoms with Crippen LogP contribution in [-0.2, 0) is 6.61 Å². The molecule has 118 valence electrons. The summed E-state index contributed by atoms with van der Waals surface area (Å²) in [5.74, 6) is -1.33. The Morgan fingerprint density at radius 2 is 1.95 bits per heavy atom. The average molecular weight is 329 g/mol. The number of halogens is 3. The molecule has 22 heavy (non-hydrogen) atoms. The molecule has 0 unspecified atom stereocenters. The standard InChI is InChI=1S/C15H15ClF2N2O2/c1-20(2)11-6-14(16)19-7-13(11)22-8-9-12(21-3)5-4-10(17)15(9)18/h4-7H,8H2,1-3H3. The third kappa shape index (κ3) is 3.39. The second kappa shape index (κ2) is 6.79. The Bertz CT molecular complexity index is 681. The van der Waals surface area contributed by atoms with E-state index in [-0.39, 0.29) is 17.9 Å². The maximum absolute atomic E-state index is 13.9. The molecule has 2 rings (SSSR count). The second-order valence-corrected chi connectivity index (χ2v) is 5.09. The first-order valence-corrected chi connectivity index (χ1v) is 6.78. The lowest BCUT2D eigenvalue weighted by molar-refractivity contribution is 0.286. The van der Waals surface area contributed by atoms with E-state index in [1.165, 1.54) is 19.4 Å². The lowest BCUT2D eigenvalue weighted by Gasteiger charge is -2.18. The zero-order chi connectivity index (χ0) is 16.3. The van der Waals surface area contributed by atoms with Gasteiger partial charge >= 0.3 is 0 Å². The van der Waals surface area contributed by atoms with Crippen molar-refractivity contribution in [1.29, 1.82) is 0 Å². The van der Waals surface area contributed by atoms with E-state index >= 15 is 0 Å². The van der Waals surface area contributed by atoms with E-state index in [0.717, 1.165) is 6.07 Å². The molecular weight excluding hydrogens is 314 g/mol. The molecule has 1 heterocycles. The lowest BCUT2D eigenvalue weighted by Crippen LogP contribution is -2.12. The number of rotatable bonds is 5. The second-order valence-electron chi connectivity index (χ2n) is 4.70. The van der Waals surface area contributed by atoms with Crippen molar-refractivity contribution in [3.05, 3.63) is 46.7 Å². The van der Waals surface area contributed by atoms with Crippen molar-refractivity contribution in [2.24, 2.45) is 0 Å².